The van der Waals surface area contributed by atoms with Crippen molar-refractivity contribution >= 4 is 44.9 Å². The molecule has 0 spiro atoms. The van der Waals surface area contributed by atoms with E-state index < -0.39 is 0 Å². The highest BCUT2D eigenvalue weighted by molar-refractivity contribution is 7.18. The second kappa shape index (κ2) is 6.87. The van der Waals surface area contributed by atoms with E-state index in [9.17, 15) is 4.79 Å². The molecule has 3 aromatic rings. The highest BCUT2D eigenvalue weighted by Crippen LogP contribution is 2.42. The van der Waals surface area contributed by atoms with Crippen LogP contribution in [0.25, 0.3) is 10.2 Å². The molecular formula is C18H20N6OS. The third kappa shape index (κ3) is 3.75. The van der Waals surface area contributed by atoms with Gasteiger partial charge in [0.05, 0.1) is 15.2 Å². The van der Waals surface area contributed by atoms with Crippen molar-refractivity contribution in [2.24, 2.45) is 5.73 Å². The quantitative estimate of drug-likeness (QED) is 0.591. The molecule has 1 aliphatic carbocycles. The van der Waals surface area contributed by atoms with Crippen molar-refractivity contribution in [2.75, 3.05) is 17.2 Å². The van der Waals surface area contributed by atoms with Crippen LogP contribution in [0.1, 0.15) is 35.8 Å². The monoisotopic (exact) mass is 368 g/mol. The molecule has 1 saturated carbocycles. The van der Waals surface area contributed by atoms with Gasteiger partial charge in [0.25, 0.3) is 0 Å². The predicted octanol–water partition coefficient (Wildman–Crippen LogP) is 3.30. The Hall–Kier alpha value is -2.74. The van der Waals surface area contributed by atoms with E-state index in [0.717, 1.165) is 45.1 Å². The first-order chi connectivity index (χ1) is 12.6. The Morgan fingerprint density at radius 2 is 2.19 bits per heavy atom. The lowest BCUT2D eigenvalue weighted by molar-refractivity contribution is -0.117. The van der Waals surface area contributed by atoms with Crippen molar-refractivity contribution in [2.45, 2.75) is 32.1 Å². The number of nitrogens with one attached hydrogen (secondary N) is 2. The van der Waals surface area contributed by atoms with Gasteiger partial charge in [-0.05, 0) is 43.9 Å². The van der Waals surface area contributed by atoms with Crippen LogP contribution >= 0.6 is 11.3 Å². The maximum Gasteiger partial charge on any atom is 0.229 e. The van der Waals surface area contributed by atoms with E-state index >= 15 is 0 Å². The number of fused-ring (bicyclic) bond motifs is 1. The van der Waals surface area contributed by atoms with Crippen LogP contribution in [0.15, 0.2) is 24.4 Å². The van der Waals surface area contributed by atoms with Crippen LogP contribution in [0, 0.1) is 6.92 Å². The second-order valence-electron chi connectivity index (χ2n) is 6.46. The molecule has 0 bridgehead atoms. The zero-order valence-electron chi connectivity index (χ0n) is 14.5. The molecule has 26 heavy (non-hydrogen) atoms. The lowest BCUT2D eigenvalue weighted by Gasteiger charge is -2.12. The summed E-state index contributed by atoms with van der Waals surface area (Å²) in [7, 11) is 0. The van der Waals surface area contributed by atoms with E-state index in [2.05, 4.69) is 25.6 Å². The molecule has 8 heteroatoms. The van der Waals surface area contributed by atoms with Gasteiger partial charge >= 0.3 is 0 Å². The van der Waals surface area contributed by atoms with Crippen LogP contribution in [0.4, 0.5) is 17.5 Å². The number of hydrogen-bond donors (Lipinski definition) is 3. The van der Waals surface area contributed by atoms with Gasteiger partial charge in [0.15, 0.2) is 0 Å². The number of anilines is 3. The Morgan fingerprint density at radius 1 is 1.35 bits per heavy atom. The first-order valence-electron chi connectivity index (χ1n) is 8.62. The van der Waals surface area contributed by atoms with Crippen LogP contribution in [-0.2, 0) is 4.79 Å². The molecule has 1 aromatic carbocycles. The molecule has 0 atom stereocenters. The molecule has 0 radical (unpaired) electrons. The van der Waals surface area contributed by atoms with Crippen molar-refractivity contribution in [3.05, 3.63) is 35.0 Å². The highest BCUT2D eigenvalue weighted by Gasteiger charge is 2.27. The third-order valence-corrected chi connectivity index (χ3v) is 5.20. The standard InChI is InChI=1S/C18H20N6OS/c1-10-22-14-8-12(4-5-15(14)26-10)23-18-21-9-13(11-2-3-11)17(24-18)20-7-6-16(19)25/h4-5,8-9,11H,2-3,6-7H2,1H3,(H2,19,25)(H2,20,21,23,24). The van der Waals surface area contributed by atoms with Crippen molar-refractivity contribution in [1.29, 1.82) is 0 Å². The number of aromatic nitrogens is 3. The van der Waals surface area contributed by atoms with E-state index in [1.165, 1.54) is 0 Å². The number of aryl methyl sites for hydroxylation is 1. The van der Waals surface area contributed by atoms with Gasteiger partial charge in [-0.25, -0.2) is 9.97 Å². The Balaban J connectivity index is 1.55. The maximum atomic E-state index is 11.0. The van der Waals surface area contributed by atoms with Gasteiger partial charge < -0.3 is 16.4 Å². The van der Waals surface area contributed by atoms with Gasteiger partial charge in [0.1, 0.15) is 5.82 Å². The topological polar surface area (TPSA) is 106 Å². The van der Waals surface area contributed by atoms with E-state index in [-0.39, 0.29) is 12.3 Å². The molecule has 0 aliphatic heterocycles. The van der Waals surface area contributed by atoms with E-state index in [1.807, 2.05) is 31.3 Å². The molecule has 1 fully saturated rings. The summed E-state index contributed by atoms with van der Waals surface area (Å²) in [6.45, 7) is 2.47. The first-order valence-corrected chi connectivity index (χ1v) is 9.43. The maximum absolute atomic E-state index is 11.0. The number of amides is 1. The molecular weight excluding hydrogens is 348 g/mol. The van der Waals surface area contributed by atoms with Crippen LogP contribution < -0.4 is 16.4 Å². The minimum Gasteiger partial charge on any atom is -0.370 e. The van der Waals surface area contributed by atoms with Crippen molar-refractivity contribution in [1.82, 2.24) is 15.0 Å². The number of thiazole rings is 1. The second-order valence-corrected chi connectivity index (χ2v) is 7.69. The fourth-order valence-corrected chi connectivity index (χ4v) is 3.65. The molecule has 7 nitrogen and oxygen atoms in total. The van der Waals surface area contributed by atoms with Gasteiger partial charge in [-0.1, -0.05) is 0 Å². The summed E-state index contributed by atoms with van der Waals surface area (Å²) in [5.74, 6) is 1.47. The zero-order valence-corrected chi connectivity index (χ0v) is 15.3. The normalized spacial score (nSPS) is 13.7. The van der Waals surface area contributed by atoms with Crippen molar-refractivity contribution in [3.8, 4) is 0 Å². The summed E-state index contributed by atoms with van der Waals surface area (Å²) in [6, 6.07) is 6.04. The van der Waals surface area contributed by atoms with Crippen molar-refractivity contribution < 1.29 is 4.79 Å². The lowest BCUT2D eigenvalue weighted by Crippen LogP contribution is -2.17. The zero-order chi connectivity index (χ0) is 18.1. The summed E-state index contributed by atoms with van der Waals surface area (Å²) in [5.41, 5.74) is 8.18. The number of primary amides is 1. The summed E-state index contributed by atoms with van der Waals surface area (Å²) in [6.07, 6.45) is 4.45. The number of benzene rings is 1. The molecule has 0 saturated heterocycles. The van der Waals surface area contributed by atoms with E-state index in [0.29, 0.717) is 18.4 Å². The van der Waals surface area contributed by atoms with E-state index in [4.69, 9.17) is 5.73 Å². The van der Waals surface area contributed by atoms with Gasteiger partial charge in [0, 0.05) is 30.4 Å². The fourth-order valence-electron chi connectivity index (χ4n) is 2.84. The largest absolute Gasteiger partial charge is 0.370 e. The number of carbonyl (C=O) groups excluding carboxylic acids is 1. The average molecular weight is 368 g/mol. The van der Waals surface area contributed by atoms with E-state index in [1.54, 1.807) is 11.3 Å². The third-order valence-electron chi connectivity index (χ3n) is 4.25. The fraction of sp³-hybridized carbons (Fsp3) is 0.333. The molecule has 1 aliphatic rings. The SMILES string of the molecule is Cc1nc2cc(Nc3ncc(C4CC4)c(NCCC(N)=O)n3)ccc2s1. The Labute approximate surface area is 155 Å². The Kier molecular flexibility index (Phi) is 4.42. The van der Waals surface area contributed by atoms with Crippen LogP contribution in [0.2, 0.25) is 0 Å². The summed E-state index contributed by atoms with van der Waals surface area (Å²) < 4.78 is 1.16. The number of hydrogen-bond acceptors (Lipinski definition) is 7. The predicted molar refractivity (Wildman–Crippen MR) is 104 cm³/mol. The molecule has 1 amide bonds. The highest BCUT2D eigenvalue weighted by atomic mass is 32.1. The van der Waals surface area contributed by atoms with Gasteiger partial charge in [-0.2, -0.15) is 4.98 Å². The minimum absolute atomic E-state index is 0.275. The summed E-state index contributed by atoms with van der Waals surface area (Å²) in [5, 5.41) is 7.51. The summed E-state index contributed by atoms with van der Waals surface area (Å²) >= 11 is 1.68. The number of carbonyl (C=O) groups is 1. The summed E-state index contributed by atoms with van der Waals surface area (Å²) in [4.78, 5) is 24.5. The molecule has 4 N–H and O–H groups in total. The molecule has 134 valence electrons. The van der Waals surface area contributed by atoms with Gasteiger partial charge in [-0.3, -0.25) is 4.79 Å². The Morgan fingerprint density at radius 3 is 2.96 bits per heavy atom. The molecule has 4 rings (SSSR count). The average Bonchev–Trinajstić information content (AvgIpc) is 3.36. The Bertz CT molecular complexity index is 965. The van der Waals surface area contributed by atoms with Crippen LogP contribution in [0.3, 0.4) is 0 Å². The first kappa shape index (κ1) is 16.7. The smallest absolute Gasteiger partial charge is 0.229 e. The molecule has 2 aromatic heterocycles. The molecule has 0 unspecified atom stereocenters. The lowest BCUT2D eigenvalue weighted by atomic mass is 10.2. The minimum atomic E-state index is -0.329. The molecule has 2 heterocycles. The number of rotatable bonds is 7. The van der Waals surface area contributed by atoms with Crippen molar-refractivity contribution in [3.63, 3.8) is 0 Å². The van der Waals surface area contributed by atoms with Gasteiger partial charge in [-0.15, -0.1) is 11.3 Å². The van der Waals surface area contributed by atoms with Crippen LogP contribution in [-0.4, -0.2) is 27.4 Å². The van der Waals surface area contributed by atoms with Gasteiger partial charge in [0.2, 0.25) is 11.9 Å². The number of nitrogens with two attached hydrogens (primary N) is 1. The van der Waals surface area contributed by atoms with Crippen LogP contribution in [0.5, 0.6) is 0 Å². The number of nitrogens with zero attached hydrogens (tertiary/aromatic N) is 3.